The Morgan fingerprint density at radius 2 is 1.09 bits per heavy atom. The molecule has 0 radical (unpaired) electrons. The van der Waals surface area contributed by atoms with Crippen molar-refractivity contribution in [2.75, 3.05) is 19.8 Å². The Kier molecular flexibility index (Phi) is 15.9. The predicted octanol–water partition coefficient (Wildman–Crippen LogP) is 6.07. The standard InChI is InChI=1S/C45H41Cl3N2O14S/c1-25(51)49-32-36(64-41(55)29-20-12-5-13-21-29)37(31-23-58-42(32)60-31)65-43-33(50-44(56)59-24-45(46,47)48)35(63-40(54)28-18-10-4-11-19-28)34(62-39(53)27-16-8-3-9-17-27)30(61-43)22-57-38(52)26-14-6-2-7-15-26/h2-21,30-37,42-43H,22-24H2,1H3,(H,49,51)(H,50,56)/t30-,31-,32-,33-,34-,35-,36-,37-,42-,43+/m1/s1. The average Bonchev–Trinajstić information content (AvgIpc) is 3.75. The number of halogens is 3. The zero-order valence-corrected chi connectivity index (χ0v) is 37.3. The van der Waals surface area contributed by atoms with Crippen LogP contribution in [0.2, 0.25) is 0 Å². The van der Waals surface area contributed by atoms with Crippen molar-refractivity contribution in [1.82, 2.24) is 10.6 Å². The summed E-state index contributed by atoms with van der Waals surface area (Å²) < 4.78 is 46.4. The van der Waals surface area contributed by atoms with E-state index in [1.165, 1.54) is 43.3 Å². The minimum atomic E-state index is -2.04. The smallest absolute Gasteiger partial charge is 0.407 e. The molecule has 0 unspecified atom stereocenters. The van der Waals surface area contributed by atoms with Gasteiger partial charge in [-0.05, 0) is 48.5 Å². The van der Waals surface area contributed by atoms with Gasteiger partial charge in [0.2, 0.25) is 9.70 Å². The number of alkyl halides is 3. The fourth-order valence-electron chi connectivity index (χ4n) is 7.24. The minimum absolute atomic E-state index is 0.0320. The summed E-state index contributed by atoms with van der Waals surface area (Å²) >= 11 is 18.7. The number of nitrogens with one attached hydrogen (secondary N) is 2. The highest BCUT2D eigenvalue weighted by molar-refractivity contribution is 8.00. The van der Waals surface area contributed by atoms with Gasteiger partial charge in [0, 0.05) is 6.92 Å². The van der Waals surface area contributed by atoms with Crippen LogP contribution in [0.4, 0.5) is 4.79 Å². The van der Waals surface area contributed by atoms with E-state index < -0.39 is 112 Å². The fourth-order valence-corrected chi connectivity index (χ4v) is 9.01. The summed E-state index contributed by atoms with van der Waals surface area (Å²) in [6.07, 6.45) is -8.91. The molecule has 3 fully saturated rings. The molecule has 7 rings (SSSR count). The minimum Gasteiger partial charge on any atom is -0.459 e. The Hall–Kier alpha value is -5.40. The van der Waals surface area contributed by atoms with Crippen molar-refractivity contribution in [3.8, 4) is 0 Å². The molecule has 3 saturated heterocycles. The molecular weight excluding hydrogens is 931 g/mol. The number of carbonyl (C=O) groups is 6. The van der Waals surface area contributed by atoms with Crippen LogP contribution < -0.4 is 10.6 Å². The fraction of sp³-hybridized carbons (Fsp3) is 0.333. The van der Waals surface area contributed by atoms with E-state index in [1.54, 1.807) is 84.9 Å². The zero-order valence-electron chi connectivity index (χ0n) is 34.2. The van der Waals surface area contributed by atoms with Crippen molar-refractivity contribution in [2.45, 2.75) is 70.3 Å². The molecule has 0 aromatic heterocycles. The van der Waals surface area contributed by atoms with E-state index in [0.717, 1.165) is 11.8 Å². The van der Waals surface area contributed by atoms with Gasteiger partial charge in [0.1, 0.15) is 42.9 Å². The molecule has 3 heterocycles. The first-order chi connectivity index (χ1) is 31.2. The Morgan fingerprint density at radius 1 is 0.615 bits per heavy atom. The molecule has 2 bridgehead atoms. The third-order valence-electron chi connectivity index (χ3n) is 10.2. The lowest BCUT2D eigenvalue weighted by Gasteiger charge is -2.47. The second kappa shape index (κ2) is 21.7. The third-order valence-corrected chi connectivity index (χ3v) is 12.1. The molecule has 3 aliphatic heterocycles. The van der Waals surface area contributed by atoms with Crippen LogP contribution >= 0.6 is 46.6 Å². The van der Waals surface area contributed by atoms with Crippen LogP contribution in [-0.4, -0.2) is 119 Å². The molecule has 10 atom stereocenters. The van der Waals surface area contributed by atoms with Crippen LogP contribution in [0.1, 0.15) is 48.4 Å². The van der Waals surface area contributed by atoms with Crippen molar-refractivity contribution in [3.63, 3.8) is 0 Å². The first kappa shape index (κ1) is 47.6. The molecule has 4 aromatic carbocycles. The summed E-state index contributed by atoms with van der Waals surface area (Å²) in [6, 6.07) is 29.4. The van der Waals surface area contributed by atoms with Gasteiger partial charge in [-0.3, -0.25) is 4.79 Å². The first-order valence-corrected chi connectivity index (χ1v) is 22.2. The van der Waals surface area contributed by atoms with Crippen LogP contribution in [0.3, 0.4) is 0 Å². The molecule has 2 amide bonds. The van der Waals surface area contributed by atoms with Crippen molar-refractivity contribution in [2.24, 2.45) is 0 Å². The van der Waals surface area contributed by atoms with Crippen molar-refractivity contribution in [3.05, 3.63) is 144 Å². The van der Waals surface area contributed by atoms with Gasteiger partial charge in [-0.25, -0.2) is 24.0 Å². The van der Waals surface area contributed by atoms with E-state index in [4.69, 9.17) is 72.7 Å². The Labute approximate surface area is 391 Å². The van der Waals surface area contributed by atoms with Gasteiger partial charge in [-0.1, -0.05) is 108 Å². The SMILES string of the molecule is CC(=O)N[C@H]1[C@@H]2OC[C@@H](O2)[C@@H](S[C@@H]2O[C@H](COC(=O)c3ccccc3)[C@@H](OC(=O)c3ccccc3)[C@H](OC(=O)c3ccccc3)[C@H]2NC(=O)OCC(Cl)(Cl)Cl)[C@@H]1OC(=O)c1ccccc1. The van der Waals surface area contributed by atoms with Crippen LogP contribution in [0.15, 0.2) is 121 Å². The molecular formula is C45H41Cl3N2O14S. The van der Waals surface area contributed by atoms with Crippen molar-refractivity contribution in [1.29, 1.82) is 0 Å². The molecule has 20 heteroatoms. The highest BCUT2D eigenvalue weighted by Crippen LogP contribution is 2.43. The van der Waals surface area contributed by atoms with E-state index in [1.807, 2.05) is 0 Å². The van der Waals surface area contributed by atoms with E-state index in [0.29, 0.717) is 0 Å². The maximum Gasteiger partial charge on any atom is 0.407 e. The van der Waals surface area contributed by atoms with Gasteiger partial charge in [0.15, 0.2) is 18.5 Å². The van der Waals surface area contributed by atoms with Crippen molar-refractivity contribution >= 4 is 82.4 Å². The number of alkyl carbamates (subject to hydrolysis) is 1. The highest BCUT2D eigenvalue weighted by atomic mass is 35.6. The molecule has 0 aliphatic carbocycles. The number of hydrogen-bond donors (Lipinski definition) is 2. The third kappa shape index (κ3) is 12.5. The first-order valence-electron chi connectivity index (χ1n) is 20.1. The second-order valence-electron chi connectivity index (χ2n) is 14.8. The van der Waals surface area contributed by atoms with Gasteiger partial charge in [-0.15, -0.1) is 11.8 Å². The van der Waals surface area contributed by atoms with E-state index >= 15 is 0 Å². The molecule has 0 saturated carbocycles. The Bertz CT molecular complexity index is 2300. The summed E-state index contributed by atoms with van der Waals surface area (Å²) in [5.74, 6) is -3.78. The zero-order chi connectivity index (χ0) is 46.1. The van der Waals surface area contributed by atoms with E-state index in [2.05, 4.69) is 10.6 Å². The second-order valence-corrected chi connectivity index (χ2v) is 18.6. The summed E-state index contributed by atoms with van der Waals surface area (Å²) in [5, 5.41) is 4.47. The topological polar surface area (TPSA) is 200 Å². The normalized spacial score (nSPS) is 25.8. The average molecular weight is 972 g/mol. The number of amides is 2. The molecule has 342 valence electrons. The highest BCUT2D eigenvalue weighted by Gasteiger charge is 2.58. The maximum atomic E-state index is 14.1. The number of ether oxygens (including phenoxy) is 8. The number of fused-ring (bicyclic) bond motifs is 2. The maximum absolute atomic E-state index is 14.1. The van der Waals surface area contributed by atoms with Gasteiger partial charge in [0.05, 0.1) is 40.2 Å². The summed E-state index contributed by atoms with van der Waals surface area (Å²) in [7, 11) is 0. The summed E-state index contributed by atoms with van der Waals surface area (Å²) in [5.41, 5.74) is -0.804. The lowest BCUT2D eigenvalue weighted by molar-refractivity contribution is -0.175. The van der Waals surface area contributed by atoms with E-state index in [-0.39, 0.29) is 28.9 Å². The predicted molar refractivity (Wildman–Crippen MR) is 234 cm³/mol. The lowest BCUT2D eigenvalue weighted by atomic mass is 9.97. The Morgan fingerprint density at radius 3 is 1.58 bits per heavy atom. The molecule has 3 aliphatic rings. The molecule has 16 nitrogen and oxygen atoms in total. The molecule has 4 aromatic rings. The largest absolute Gasteiger partial charge is 0.459 e. The van der Waals surface area contributed by atoms with Crippen LogP contribution in [0, 0.1) is 0 Å². The summed E-state index contributed by atoms with van der Waals surface area (Å²) in [4.78, 5) is 81.5. The number of rotatable bonds is 14. The van der Waals surface area contributed by atoms with Gasteiger partial charge in [0.25, 0.3) is 0 Å². The number of esters is 4. The van der Waals surface area contributed by atoms with Crippen molar-refractivity contribution < 1.29 is 66.7 Å². The van der Waals surface area contributed by atoms with Gasteiger partial charge >= 0.3 is 30.0 Å². The van der Waals surface area contributed by atoms with Gasteiger partial charge in [-0.2, -0.15) is 0 Å². The molecule has 65 heavy (non-hydrogen) atoms. The monoisotopic (exact) mass is 970 g/mol. The lowest BCUT2D eigenvalue weighted by Crippen LogP contribution is -2.67. The molecule has 2 N–H and O–H groups in total. The number of carbonyl (C=O) groups excluding carboxylic acids is 6. The quantitative estimate of drug-likeness (QED) is 0.0838. The van der Waals surface area contributed by atoms with Crippen LogP contribution in [-0.2, 0) is 42.7 Å². The summed E-state index contributed by atoms with van der Waals surface area (Å²) in [6.45, 7) is -0.0645. The number of benzene rings is 4. The number of thioether (sulfide) groups is 1. The Balaban J connectivity index is 1.32. The molecule has 0 spiro atoms. The number of hydrogen-bond acceptors (Lipinski definition) is 15. The van der Waals surface area contributed by atoms with Crippen LogP contribution in [0.5, 0.6) is 0 Å². The van der Waals surface area contributed by atoms with E-state index in [9.17, 15) is 28.8 Å². The van der Waals surface area contributed by atoms with Crippen LogP contribution in [0.25, 0.3) is 0 Å². The van der Waals surface area contributed by atoms with Gasteiger partial charge < -0.3 is 48.5 Å².